The van der Waals surface area contributed by atoms with Gasteiger partial charge in [-0.1, -0.05) is 12.7 Å². The zero-order valence-corrected chi connectivity index (χ0v) is 9.17. The van der Waals surface area contributed by atoms with Crippen molar-refractivity contribution in [1.82, 2.24) is 5.32 Å². The monoisotopic (exact) mass is 244 g/mol. The fourth-order valence-corrected chi connectivity index (χ4v) is 0.878. The summed E-state index contributed by atoms with van der Waals surface area (Å²) < 4.78 is 0. The van der Waals surface area contributed by atoms with Gasteiger partial charge in [0.25, 0.3) is 5.91 Å². The number of aliphatic hydroxyl groups is 2. The molecule has 0 aromatic carbocycles. The van der Waals surface area contributed by atoms with E-state index in [1.807, 2.05) is 0 Å². The summed E-state index contributed by atoms with van der Waals surface area (Å²) in [5.74, 6) is -2.09. The molecule has 0 aliphatic carbocycles. The number of aliphatic carboxylic acids is 1. The van der Waals surface area contributed by atoms with Crippen molar-refractivity contribution < 1.29 is 24.9 Å². The van der Waals surface area contributed by atoms with E-state index in [2.05, 4.69) is 11.9 Å². The second-order valence-corrected chi connectivity index (χ2v) is 3.29. The summed E-state index contributed by atoms with van der Waals surface area (Å²) in [5, 5.41) is 28.7. The predicted molar refractivity (Wildman–Crippen MR) is 59.7 cm³/mol. The lowest BCUT2D eigenvalue weighted by atomic mass is 10.1. The van der Waals surface area contributed by atoms with Crippen LogP contribution >= 0.6 is 0 Å². The van der Waals surface area contributed by atoms with Crippen molar-refractivity contribution in [3.8, 4) is 0 Å². The van der Waals surface area contributed by atoms with Crippen LogP contribution in [0.5, 0.6) is 0 Å². The van der Waals surface area contributed by atoms with Crippen molar-refractivity contribution in [3.63, 3.8) is 0 Å². The zero-order chi connectivity index (χ0) is 13.4. The van der Waals surface area contributed by atoms with Crippen LogP contribution < -0.4 is 11.1 Å². The van der Waals surface area contributed by atoms with Gasteiger partial charge in [0.15, 0.2) is 0 Å². The number of carbonyl (C=O) groups is 2. The molecule has 0 aliphatic rings. The summed E-state index contributed by atoms with van der Waals surface area (Å²) in [5.41, 5.74) is 5.51. The van der Waals surface area contributed by atoms with Gasteiger partial charge < -0.3 is 26.4 Å². The Hall–Kier alpha value is -1.70. The summed E-state index contributed by atoms with van der Waals surface area (Å²) in [6.45, 7) is 3.08. The van der Waals surface area contributed by atoms with Gasteiger partial charge in [0.2, 0.25) is 0 Å². The highest BCUT2D eigenvalue weighted by atomic mass is 16.4. The largest absolute Gasteiger partial charge is 0.480 e. The number of nitrogens with one attached hydrogen (secondary N) is 1. The molecular weight excluding hydrogens is 228 g/mol. The third kappa shape index (κ3) is 5.81. The average Bonchev–Trinajstić information content (AvgIpc) is 2.29. The Morgan fingerprint density at radius 2 is 2.06 bits per heavy atom. The first-order valence-electron chi connectivity index (χ1n) is 4.81. The van der Waals surface area contributed by atoms with Crippen LogP contribution in [-0.4, -0.2) is 45.9 Å². The summed E-state index contributed by atoms with van der Waals surface area (Å²) >= 11 is 0. The molecule has 0 heterocycles. The zero-order valence-electron chi connectivity index (χ0n) is 9.17. The van der Waals surface area contributed by atoms with Gasteiger partial charge in [-0.05, 0) is 5.57 Å². The fourth-order valence-electron chi connectivity index (χ4n) is 0.878. The lowest BCUT2D eigenvalue weighted by molar-refractivity contribution is -0.140. The highest BCUT2D eigenvalue weighted by Gasteiger charge is 2.21. The number of carboxylic acid groups (broad SMARTS) is 1. The molecule has 7 nitrogen and oxygen atoms in total. The van der Waals surface area contributed by atoms with E-state index in [0.29, 0.717) is 5.57 Å². The molecule has 0 bridgehead atoms. The predicted octanol–water partition coefficient (Wildman–Crippen LogP) is -1.67. The van der Waals surface area contributed by atoms with Gasteiger partial charge in [-0.2, -0.15) is 0 Å². The summed E-state index contributed by atoms with van der Waals surface area (Å²) in [7, 11) is 0. The number of aliphatic hydroxyl groups excluding tert-OH is 2. The number of amides is 1. The van der Waals surface area contributed by atoms with E-state index in [0.717, 1.165) is 0 Å². The Balaban J connectivity index is 4.28. The molecule has 0 rings (SSSR count). The van der Waals surface area contributed by atoms with E-state index in [1.165, 1.54) is 12.3 Å². The van der Waals surface area contributed by atoms with Crippen molar-refractivity contribution in [2.75, 3.05) is 6.61 Å². The first-order valence-corrected chi connectivity index (χ1v) is 4.81. The lowest BCUT2D eigenvalue weighted by Crippen LogP contribution is -2.40. The Morgan fingerprint density at radius 3 is 2.47 bits per heavy atom. The maximum absolute atomic E-state index is 11.3. The van der Waals surface area contributed by atoms with E-state index in [1.54, 1.807) is 0 Å². The average molecular weight is 244 g/mol. The number of carbonyl (C=O) groups excluding carboxylic acids is 1. The number of hydrogen-bond acceptors (Lipinski definition) is 5. The van der Waals surface area contributed by atoms with E-state index in [9.17, 15) is 14.7 Å². The molecule has 0 aliphatic heterocycles. The van der Waals surface area contributed by atoms with Gasteiger partial charge in [0.05, 0.1) is 6.61 Å². The van der Waals surface area contributed by atoms with Crippen LogP contribution in [0.1, 0.15) is 6.42 Å². The SMILES string of the molecule is C=CC(=CNC(=O)C(O)CC(N)C(=O)O)CO. The molecule has 0 saturated heterocycles. The molecule has 7 heteroatoms. The number of nitrogens with two attached hydrogens (primary N) is 1. The molecule has 0 spiro atoms. The standard InChI is InChI=1S/C10H16N2O5/c1-2-6(5-13)4-12-9(15)8(14)3-7(11)10(16)17/h2,4,7-8,13-14H,1,3,5,11H2,(H,12,15)(H,16,17). The molecule has 0 saturated carbocycles. The van der Waals surface area contributed by atoms with Gasteiger partial charge in [-0.3, -0.25) is 9.59 Å². The quantitative estimate of drug-likeness (QED) is 0.340. The molecule has 0 radical (unpaired) electrons. The molecule has 17 heavy (non-hydrogen) atoms. The van der Waals surface area contributed by atoms with E-state index in [-0.39, 0.29) is 6.61 Å². The molecule has 2 atom stereocenters. The van der Waals surface area contributed by atoms with Crippen LogP contribution in [0.4, 0.5) is 0 Å². The van der Waals surface area contributed by atoms with Crippen molar-refractivity contribution in [2.24, 2.45) is 5.73 Å². The van der Waals surface area contributed by atoms with E-state index in [4.69, 9.17) is 15.9 Å². The molecule has 6 N–H and O–H groups in total. The van der Waals surface area contributed by atoms with Gasteiger partial charge in [0, 0.05) is 12.6 Å². The van der Waals surface area contributed by atoms with Gasteiger partial charge >= 0.3 is 5.97 Å². The Morgan fingerprint density at radius 1 is 1.47 bits per heavy atom. The third-order valence-corrected chi connectivity index (χ3v) is 1.94. The second-order valence-electron chi connectivity index (χ2n) is 3.29. The smallest absolute Gasteiger partial charge is 0.320 e. The lowest BCUT2D eigenvalue weighted by Gasteiger charge is -2.12. The highest BCUT2D eigenvalue weighted by molar-refractivity contribution is 5.83. The first kappa shape index (κ1) is 15.3. The van der Waals surface area contributed by atoms with Crippen LogP contribution in [-0.2, 0) is 9.59 Å². The number of hydrogen-bond donors (Lipinski definition) is 5. The van der Waals surface area contributed by atoms with E-state index >= 15 is 0 Å². The van der Waals surface area contributed by atoms with Crippen LogP contribution in [0.2, 0.25) is 0 Å². The minimum Gasteiger partial charge on any atom is -0.480 e. The van der Waals surface area contributed by atoms with Crippen molar-refractivity contribution in [1.29, 1.82) is 0 Å². The van der Waals surface area contributed by atoms with Crippen LogP contribution in [0.25, 0.3) is 0 Å². The van der Waals surface area contributed by atoms with Gasteiger partial charge in [-0.25, -0.2) is 0 Å². The third-order valence-electron chi connectivity index (χ3n) is 1.94. The van der Waals surface area contributed by atoms with Gasteiger partial charge in [-0.15, -0.1) is 0 Å². The second kappa shape index (κ2) is 7.55. The minimum absolute atomic E-state index is 0.311. The minimum atomic E-state index is -1.53. The van der Waals surface area contributed by atoms with E-state index < -0.39 is 30.4 Å². The fraction of sp³-hybridized carbons (Fsp3) is 0.400. The molecule has 1 amide bonds. The Labute approximate surface area is 98.2 Å². The maximum atomic E-state index is 11.3. The molecule has 0 aromatic rings. The molecule has 0 aromatic heterocycles. The Bertz CT molecular complexity index is 327. The van der Waals surface area contributed by atoms with Crippen molar-refractivity contribution in [3.05, 3.63) is 24.4 Å². The van der Waals surface area contributed by atoms with Crippen LogP contribution in [0, 0.1) is 0 Å². The Kier molecular flexibility index (Phi) is 6.80. The van der Waals surface area contributed by atoms with Crippen LogP contribution in [0.15, 0.2) is 24.4 Å². The van der Waals surface area contributed by atoms with Crippen LogP contribution in [0.3, 0.4) is 0 Å². The first-order chi connectivity index (χ1) is 7.92. The highest BCUT2D eigenvalue weighted by Crippen LogP contribution is 1.98. The number of carboxylic acids is 1. The van der Waals surface area contributed by atoms with Crippen molar-refractivity contribution in [2.45, 2.75) is 18.6 Å². The van der Waals surface area contributed by atoms with Crippen molar-refractivity contribution >= 4 is 11.9 Å². The molecular formula is C10H16N2O5. The number of rotatable bonds is 7. The van der Waals surface area contributed by atoms with Gasteiger partial charge in [0.1, 0.15) is 12.1 Å². The molecule has 0 fully saturated rings. The maximum Gasteiger partial charge on any atom is 0.320 e. The summed E-state index contributed by atoms with van der Waals surface area (Å²) in [6.07, 6.45) is 0.583. The summed E-state index contributed by atoms with van der Waals surface area (Å²) in [6, 6.07) is -1.31. The normalized spacial score (nSPS) is 14.9. The molecule has 96 valence electrons. The molecule has 2 unspecified atom stereocenters. The topological polar surface area (TPSA) is 133 Å². The summed E-state index contributed by atoms with van der Waals surface area (Å²) in [4.78, 5) is 21.7.